The summed E-state index contributed by atoms with van der Waals surface area (Å²) >= 11 is 0. The first-order valence-electron chi connectivity index (χ1n) is 5.40. The molecule has 2 heterocycles. The number of anilines is 2. The SMILES string of the molecule is Nc1cccc2oc(N3CCCCO3)nc12. The molecule has 0 unspecified atom stereocenters. The van der Waals surface area contributed by atoms with Crippen LogP contribution < -0.4 is 10.8 Å². The van der Waals surface area contributed by atoms with Crippen LogP contribution in [0.25, 0.3) is 11.1 Å². The molecule has 0 bridgehead atoms. The molecule has 84 valence electrons. The van der Waals surface area contributed by atoms with E-state index in [1.165, 1.54) is 0 Å². The van der Waals surface area contributed by atoms with Crippen LogP contribution in [0.1, 0.15) is 12.8 Å². The first kappa shape index (κ1) is 9.47. The Labute approximate surface area is 92.7 Å². The highest BCUT2D eigenvalue weighted by molar-refractivity contribution is 5.86. The van der Waals surface area contributed by atoms with Crippen LogP contribution in [0.15, 0.2) is 22.6 Å². The van der Waals surface area contributed by atoms with E-state index in [0.717, 1.165) is 19.4 Å². The van der Waals surface area contributed by atoms with Crippen molar-refractivity contribution in [2.75, 3.05) is 23.9 Å². The largest absolute Gasteiger partial charge is 0.422 e. The van der Waals surface area contributed by atoms with Gasteiger partial charge in [-0.05, 0) is 25.0 Å². The Morgan fingerprint density at radius 2 is 2.25 bits per heavy atom. The topological polar surface area (TPSA) is 64.5 Å². The Bertz CT molecular complexity index is 503. The summed E-state index contributed by atoms with van der Waals surface area (Å²) in [7, 11) is 0. The molecule has 0 aliphatic carbocycles. The van der Waals surface area contributed by atoms with E-state index in [1.54, 1.807) is 5.06 Å². The molecular weight excluding hydrogens is 206 g/mol. The van der Waals surface area contributed by atoms with Crippen molar-refractivity contribution in [2.24, 2.45) is 0 Å². The maximum atomic E-state index is 5.82. The van der Waals surface area contributed by atoms with Crippen LogP contribution in [0.5, 0.6) is 0 Å². The number of hydrogen-bond donors (Lipinski definition) is 1. The first-order chi connectivity index (χ1) is 7.84. The van der Waals surface area contributed by atoms with Crippen molar-refractivity contribution in [1.82, 2.24) is 4.98 Å². The van der Waals surface area contributed by atoms with E-state index in [0.29, 0.717) is 29.4 Å². The highest BCUT2D eigenvalue weighted by atomic mass is 16.7. The monoisotopic (exact) mass is 219 g/mol. The van der Waals surface area contributed by atoms with Gasteiger partial charge in [-0.25, -0.2) is 5.06 Å². The lowest BCUT2D eigenvalue weighted by atomic mass is 10.3. The van der Waals surface area contributed by atoms with Crippen LogP contribution in [-0.2, 0) is 4.84 Å². The summed E-state index contributed by atoms with van der Waals surface area (Å²) in [4.78, 5) is 9.81. The van der Waals surface area contributed by atoms with Gasteiger partial charge in [0.25, 0.3) is 0 Å². The van der Waals surface area contributed by atoms with Gasteiger partial charge in [-0.1, -0.05) is 6.07 Å². The van der Waals surface area contributed by atoms with Crippen LogP contribution in [0.3, 0.4) is 0 Å². The van der Waals surface area contributed by atoms with Gasteiger partial charge in [-0.15, -0.1) is 0 Å². The quantitative estimate of drug-likeness (QED) is 0.742. The molecule has 16 heavy (non-hydrogen) atoms. The van der Waals surface area contributed by atoms with E-state index in [2.05, 4.69) is 4.98 Å². The van der Waals surface area contributed by atoms with Gasteiger partial charge in [0.15, 0.2) is 5.58 Å². The average molecular weight is 219 g/mol. The molecule has 2 N–H and O–H groups in total. The molecule has 1 saturated heterocycles. The summed E-state index contributed by atoms with van der Waals surface area (Å²) in [5.41, 5.74) is 7.85. The minimum absolute atomic E-state index is 0.493. The number of oxazole rings is 1. The predicted molar refractivity (Wildman–Crippen MR) is 61.0 cm³/mol. The molecule has 1 aliphatic heterocycles. The Morgan fingerprint density at radius 1 is 1.31 bits per heavy atom. The van der Waals surface area contributed by atoms with Crippen molar-refractivity contribution in [3.05, 3.63) is 18.2 Å². The first-order valence-corrected chi connectivity index (χ1v) is 5.40. The third-order valence-electron chi connectivity index (χ3n) is 2.65. The van der Waals surface area contributed by atoms with Gasteiger partial charge in [0, 0.05) is 0 Å². The number of nitrogen functional groups attached to an aromatic ring is 1. The number of para-hydroxylation sites is 1. The van der Waals surface area contributed by atoms with Crippen molar-refractivity contribution in [2.45, 2.75) is 12.8 Å². The number of rotatable bonds is 1. The van der Waals surface area contributed by atoms with E-state index in [9.17, 15) is 0 Å². The number of aromatic nitrogens is 1. The third kappa shape index (κ3) is 1.49. The van der Waals surface area contributed by atoms with Gasteiger partial charge in [-0.3, -0.25) is 4.84 Å². The minimum Gasteiger partial charge on any atom is -0.422 e. The Kier molecular flexibility index (Phi) is 2.18. The van der Waals surface area contributed by atoms with E-state index < -0.39 is 0 Å². The molecule has 0 spiro atoms. The summed E-state index contributed by atoms with van der Waals surface area (Å²) < 4.78 is 5.60. The molecular formula is C11H13N3O2. The van der Waals surface area contributed by atoms with Crippen LogP contribution in [0.4, 0.5) is 11.7 Å². The molecule has 5 heteroatoms. The van der Waals surface area contributed by atoms with Crippen LogP contribution >= 0.6 is 0 Å². The lowest BCUT2D eigenvalue weighted by molar-refractivity contribution is 0.0676. The normalized spacial score (nSPS) is 16.9. The van der Waals surface area contributed by atoms with Crippen molar-refractivity contribution in [3.63, 3.8) is 0 Å². The predicted octanol–water partition coefficient (Wildman–Crippen LogP) is 1.94. The second kappa shape index (κ2) is 3.68. The number of hydroxylamine groups is 1. The third-order valence-corrected chi connectivity index (χ3v) is 2.65. The molecule has 3 rings (SSSR count). The average Bonchev–Trinajstić information content (AvgIpc) is 2.76. The summed E-state index contributed by atoms with van der Waals surface area (Å²) in [6.07, 6.45) is 2.17. The maximum Gasteiger partial charge on any atom is 0.323 e. The number of nitrogens with zero attached hydrogens (tertiary/aromatic N) is 2. The number of nitrogens with two attached hydrogens (primary N) is 1. The number of fused-ring (bicyclic) bond motifs is 1. The molecule has 1 aromatic heterocycles. The van der Waals surface area contributed by atoms with E-state index in [-0.39, 0.29) is 0 Å². The second-order valence-corrected chi connectivity index (χ2v) is 3.83. The molecule has 0 amide bonds. The van der Waals surface area contributed by atoms with E-state index in [4.69, 9.17) is 15.0 Å². The fraction of sp³-hybridized carbons (Fsp3) is 0.364. The highest BCUT2D eigenvalue weighted by Crippen LogP contribution is 2.27. The highest BCUT2D eigenvalue weighted by Gasteiger charge is 2.18. The molecule has 1 fully saturated rings. The van der Waals surface area contributed by atoms with Gasteiger partial charge in [0.05, 0.1) is 18.8 Å². The zero-order valence-electron chi connectivity index (χ0n) is 8.85. The summed E-state index contributed by atoms with van der Waals surface area (Å²) in [5, 5.41) is 1.70. The van der Waals surface area contributed by atoms with E-state index in [1.807, 2.05) is 18.2 Å². The second-order valence-electron chi connectivity index (χ2n) is 3.83. The van der Waals surface area contributed by atoms with Crippen molar-refractivity contribution in [1.29, 1.82) is 0 Å². The van der Waals surface area contributed by atoms with Crippen molar-refractivity contribution < 1.29 is 9.25 Å². The summed E-state index contributed by atoms with van der Waals surface area (Å²) in [5.74, 6) is 0. The van der Waals surface area contributed by atoms with Crippen LogP contribution in [-0.4, -0.2) is 18.1 Å². The number of benzene rings is 1. The molecule has 0 atom stereocenters. The fourth-order valence-electron chi connectivity index (χ4n) is 1.81. The van der Waals surface area contributed by atoms with Crippen LogP contribution in [0.2, 0.25) is 0 Å². The minimum atomic E-state index is 0.493. The Balaban J connectivity index is 2.01. The van der Waals surface area contributed by atoms with Crippen molar-refractivity contribution in [3.8, 4) is 0 Å². The lowest BCUT2D eigenvalue weighted by Gasteiger charge is -2.23. The fourth-order valence-corrected chi connectivity index (χ4v) is 1.81. The molecule has 1 aliphatic rings. The smallest absolute Gasteiger partial charge is 0.323 e. The molecule has 0 saturated carbocycles. The van der Waals surface area contributed by atoms with Gasteiger partial charge in [0.1, 0.15) is 5.52 Å². The zero-order valence-corrected chi connectivity index (χ0v) is 8.85. The molecule has 0 radical (unpaired) electrons. The summed E-state index contributed by atoms with van der Waals surface area (Å²) in [6.45, 7) is 1.53. The molecule has 5 nitrogen and oxygen atoms in total. The maximum absolute atomic E-state index is 5.82. The Morgan fingerprint density at radius 3 is 3.00 bits per heavy atom. The van der Waals surface area contributed by atoms with Crippen LogP contribution in [0, 0.1) is 0 Å². The molecule has 1 aromatic carbocycles. The lowest BCUT2D eigenvalue weighted by Crippen LogP contribution is -2.29. The number of hydrogen-bond acceptors (Lipinski definition) is 5. The van der Waals surface area contributed by atoms with Gasteiger partial charge >= 0.3 is 6.01 Å². The van der Waals surface area contributed by atoms with Crippen molar-refractivity contribution >= 4 is 22.8 Å². The molecule has 2 aromatic rings. The summed E-state index contributed by atoms with van der Waals surface area (Å²) in [6, 6.07) is 6.01. The van der Waals surface area contributed by atoms with Gasteiger partial charge < -0.3 is 10.2 Å². The standard InChI is InChI=1S/C11H13N3O2/c12-8-4-3-5-9-10(8)13-11(16-9)14-6-1-2-7-15-14/h3-5H,1-2,6-7,12H2. The Hall–Kier alpha value is -1.75. The van der Waals surface area contributed by atoms with Gasteiger partial charge in [-0.2, -0.15) is 4.98 Å². The van der Waals surface area contributed by atoms with Gasteiger partial charge in [0.2, 0.25) is 0 Å². The zero-order chi connectivity index (χ0) is 11.0. The van der Waals surface area contributed by atoms with E-state index >= 15 is 0 Å².